The van der Waals surface area contributed by atoms with Crippen LogP contribution < -0.4 is 10.6 Å². The number of hydrogen-bond donors (Lipinski definition) is 2. The highest BCUT2D eigenvalue weighted by Crippen LogP contribution is 2.06. The van der Waals surface area contributed by atoms with Crippen LogP contribution in [0.25, 0.3) is 6.08 Å². The quantitative estimate of drug-likeness (QED) is 0.741. The normalized spacial score (nSPS) is 11.1. The van der Waals surface area contributed by atoms with Gasteiger partial charge in [-0.05, 0) is 24.7 Å². The van der Waals surface area contributed by atoms with Crippen molar-refractivity contribution in [3.8, 4) is 0 Å². The van der Waals surface area contributed by atoms with Gasteiger partial charge in [-0.1, -0.05) is 43.3 Å². The molecule has 0 atom stereocenters. The molecule has 0 amide bonds. The van der Waals surface area contributed by atoms with Crippen LogP contribution in [0, 0.1) is 0 Å². The van der Waals surface area contributed by atoms with E-state index in [1.54, 1.807) is 0 Å². The fourth-order valence-electron chi connectivity index (χ4n) is 1.39. The van der Waals surface area contributed by atoms with Gasteiger partial charge in [0.2, 0.25) is 0 Å². The van der Waals surface area contributed by atoms with Crippen LogP contribution in [0.2, 0.25) is 0 Å². The van der Waals surface area contributed by atoms with E-state index in [0.29, 0.717) is 0 Å². The Kier molecular flexibility index (Phi) is 5.74. The summed E-state index contributed by atoms with van der Waals surface area (Å²) in [7, 11) is 1.95. The molecular weight excluding hydrogens is 184 g/mol. The molecule has 0 aromatic heterocycles. The van der Waals surface area contributed by atoms with E-state index in [1.165, 1.54) is 11.1 Å². The average molecular weight is 204 g/mol. The summed E-state index contributed by atoms with van der Waals surface area (Å²) in [5, 5.41) is 6.41. The van der Waals surface area contributed by atoms with Crippen molar-refractivity contribution in [1.29, 1.82) is 0 Å². The second kappa shape index (κ2) is 7.21. The fraction of sp³-hybridized carbons (Fsp3) is 0.385. The average Bonchev–Trinajstić information content (AvgIpc) is 2.27. The van der Waals surface area contributed by atoms with E-state index >= 15 is 0 Å². The zero-order valence-corrected chi connectivity index (χ0v) is 9.59. The van der Waals surface area contributed by atoms with Gasteiger partial charge in [-0.2, -0.15) is 0 Å². The molecule has 0 fully saturated rings. The molecule has 2 N–H and O–H groups in total. The second-order valence-corrected chi connectivity index (χ2v) is 3.49. The lowest BCUT2D eigenvalue weighted by molar-refractivity contribution is 0.727. The maximum Gasteiger partial charge on any atom is 0.0205 e. The fourth-order valence-corrected chi connectivity index (χ4v) is 1.39. The first-order chi connectivity index (χ1) is 7.36. The molecule has 2 heteroatoms. The van der Waals surface area contributed by atoms with Gasteiger partial charge >= 0.3 is 0 Å². The molecule has 2 nitrogen and oxygen atoms in total. The largest absolute Gasteiger partial charge is 0.316 e. The summed E-state index contributed by atoms with van der Waals surface area (Å²) in [6.45, 7) is 5.00. The third-order valence-electron chi connectivity index (χ3n) is 2.16. The summed E-state index contributed by atoms with van der Waals surface area (Å²) in [6.07, 6.45) is 4.28. The Balaban J connectivity index is 2.57. The number of likely N-dealkylation sites (N-methyl/N-ethyl adjacent to an activating group) is 1. The molecule has 0 aliphatic heterocycles. The molecule has 15 heavy (non-hydrogen) atoms. The first-order valence-corrected chi connectivity index (χ1v) is 5.47. The Morgan fingerprint density at radius 2 is 2.20 bits per heavy atom. The van der Waals surface area contributed by atoms with Crippen molar-refractivity contribution >= 4 is 6.08 Å². The lowest BCUT2D eigenvalue weighted by Gasteiger charge is -2.02. The van der Waals surface area contributed by atoms with E-state index in [4.69, 9.17) is 0 Å². The Morgan fingerprint density at radius 3 is 2.93 bits per heavy atom. The summed E-state index contributed by atoms with van der Waals surface area (Å²) < 4.78 is 0. The van der Waals surface area contributed by atoms with Crippen LogP contribution in [0.4, 0.5) is 0 Å². The van der Waals surface area contributed by atoms with Gasteiger partial charge < -0.3 is 10.6 Å². The molecule has 82 valence electrons. The van der Waals surface area contributed by atoms with Gasteiger partial charge in [0.1, 0.15) is 0 Å². The summed E-state index contributed by atoms with van der Waals surface area (Å²) >= 11 is 0. The zero-order valence-electron chi connectivity index (χ0n) is 9.59. The number of nitrogens with one attached hydrogen (secondary N) is 2. The highest BCUT2D eigenvalue weighted by molar-refractivity contribution is 5.50. The summed E-state index contributed by atoms with van der Waals surface area (Å²) in [5.41, 5.74) is 2.60. The third-order valence-corrected chi connectivity index (χ3v) is 2.16. The monoisotopic (exact) mass is 204 g/mol. The van der Waals surface area contributed by atoms with Crippen molar-refractivity contribution in [2.75, 3.05) is 20.1 Å². The zero-order chi connectivity index (χ0) is 10.9. The maximum atomic E-state index is 3.32. The molecule has 0 saturated carbocycles. The Morgan fingerprint density at radius 1 is 1.33 bits per heavy atom. The van der Waals surface area contributed by atoms with Crippen LogP contribution in [0.1, 0.15) is 18.1 Å². The van der Waals surface area contributed by atoms with Crippen LogP contribution >= 0.6 is 0 Å². The highest BCUT2D eigenvalue weighted by Gasteiger charge is 1.92. The van der Waals surface area contributed by atoms with Crippen LogP contribution in [0.15, 0.2) is 30.3 Å². The number of rotatable bonds is 6. The molecule has 0 radical (unpaired) electrons. The molecule has 0 aliphatic rings. The van der Waals surface area contributed by atoms with Crippen molar-refractivity contribution in [3.05, 3.63) is 41.5 Å². The van der Waals surface area contributed by atoms with Crippen molar-refractivity contribution < 1.29 is 0 Å². The van der Waals surface area contributed by atoms with Gasteiger partial charge in [0, 0.05) is 13.1 Å². The van der Waals surface area contributed by atoms with E-state index < -0.39 is 0 Å². The van der Waals surface area contributed by atoms with Crippen molar-refractivity contribution in [1.82, 2.24) is 10.6 Å². The topological polar surface area (TPSA) is 24.1 Å². The molecule has 0 heterocycles. The summed E-state index contributed by atoms with van der Waals surface area (Å²) in [5.74, 6) is 0. The summed E-state index contributed by atoms with van der Waals surface area (Å²) in [6, 6.07) is 8.60. The van der Waals surface area contributed by atoms with Crippen LogP contribution in [0.3, 0.4) is 0 Å². The third kappa shape index (κ3) is 4.77. The first kappa shape index (κ1) is 12.0. The summed E-state index contributed by atoms with van der Waals surface area (Å²) in [4.78, 5) is 0. The molecule has 1 rings (SSSR count). The van der Waals surface area contributed by atoms with E-state index in [-0.39, 0.29) is 0 Å². The molecule has 0 bridgehead atoms. The second-order valence-electron chi connectivity index (χ2n) is 3.49. The number of hydrogen-bond acceptors (Lipinski definition) is 2. The Bertz CT molecular complexity index is 305. The van der Waals surface area contributed by atoms with E-state index in [1.807, 2.05) is 7.05 Å². The predicted octanol–water partition coefficient (Wildman–Crippen LogP) is 2.03. The van der Waals surface area contributed by atoms with E-state index in [0.717, 1.165) is 19.6 Å². The van der Waals surface area contributed by atoms with Crippen molar-refractivity contribution in [2.24, 2.45) is 0 Å². The van der Waals surface area contributed by atoms with Crippen LogP contribution in [-0.2, 0) is 6.54 Å². The minimum absolute atomic E-state index is 0.914. The SMILES string of the molecule is CCNCc1cccc(C=CCNC)c1. The van der Waals surface area contributed by atoms with Gasteiger partial charge in [0.25, 0.3) is 0 Å². The lowest BCUT2D eigenvalue weighted by Crippen LogP contribution is -2.11. The van der Waals surface area contributed by atoms with Crippen molar-refractivity contribution in [3.63, 3.8) is 0 Å². The van der Waals surface area contributed by atoms with Gasteiger partial charge in [-0.3, -0.25) is 0 Å². The number of benzene rings is 1. The molecule has 1 aromatic rings. The van der Waals surface area contributed by atoms with Gasteiger partial charge in [0.05, 0.1) is 0 Å². The van der Waals surface area contributed by atoms with Crippen LogP contribution in [0.5, 0.6) is 0 Å². The standard InChI is InChI=1S/C13H20N2/c1-3-15-11-13-7-4-6-12(10-13)8-5-9-14-2/h4-8,10,14-15H,3,9,11H2,1-2H3. The molecular formula is C13H20N2. The molecule has 1 aromatic carbocycles. The smallest absolute Gasteiger partial charge is 0.0205 e. The molecule has 0 saturated heterocycles. The predicted molar refractivity (Wildman–Crippen MR) is 66.8 cm³/mol. The van der Waals surface area contributed by atoms with Gasteiger partial charge in [0.15, 0.2) is 0 Å². The first-order valence-electron chi connectivity index (χ1n) is 5.47. The Hall–Kier alpha value is -1.12. The molecule has 0 aliphatic carbocycles. The van der Waals surface area contributed by atoms with Crippen LogP contribution in [-0.4, -0.2) is 20.1 Å². The van der Waals surface area contributed by atoms with Gasteiger partial charge in [-0.15, -0.1) is 0 Å². The minimum atomic E-state index is 0.914. The van der Waals surface area contributed by atoms with Gasteiger partial charge in [-0.25, -0.2) is 0 Å². The van der Waals surface area contributed by atoms with Crippen molar-refractivity contribution in [2.45, 2.75) is 13.5 Å². The lowest BCUT2D eigenvalue weighted by atomic mass is 10.1. The maximum absolute atomic E-state index is 3.32. The Labute approximate surface area is 92.4 Å². The highest BCUT2D eigenvalue weighted by atomic mass is 14.8. The molecule has 0 spiro atoms. The minimum Gasteiger partial charge on any atom is -0.316 e. The van der Waals surface area contributed by atoms with E-state index in [2.05, 4.69) is 54.0 Å². The molecule has 0 unspecified atom stereocenters. The van der Waals surface area contributed by atoms with E-state index in [9.17, 15) is 0 Å².